The molecule has 0 spiro atoms. The average Bonchev–Trinajstić information content (AvgIpc) is 3.37. The van der Waals surface area contributed by atoms with E-state index in [9.17, 15) is 24.0 Å². The second-order valence-corrected chi connectivity index (χ2v) is 14.9. The van der Waals surface area contributed by atoms with Gasteiger partial charge in [0.1, 0.15) is 11.6 Å². The number of ether oxygens (including phenoxy) is 4. The van der Waals surface area contributed by atoms with Gasteiger partial charge in [-0.25, -0.2) is 9.59 Å². The number of fused-ring (bicyclic) bond motifs is 1. The van der Waals surface area contributed by atoms with E-state index in [1.807, 2.05) is 37.3 Å². The lowest BCUT2D eigenvalue weighted by Crippen LogP contribution is -2.45. The number of carbonyl (C=O) groups is 4. The van der Waals surface area contributed by atoms with E-state index in [0.717, 1.165) is 40.8 Å². The normalized spacial score (nSPS) is 16.1. The van der Waals surface area contributed by atoms with Crippen molar-refractivity contribution in [1.82, 2.24) is 19.4 Å². The predicted octanol–water partition coefficient (Wildman–Crippen LogP) is 4.32. The number of alkyl carbamates (subject to hydrolysis) is 1. The average molecular weight is 752 g/mol. The fourth-order valence-electron chi connectivity index (χ4n) is 6.55. The Labute approximate surface area is 317 Å². The van der Waals surface area contributed by atoms with E-state index >= 15 is 0 Å². The van der Waals surface area contributed by atoms with E-state index in [2.05, 4.69) is 17.4 Å². The van der Waals surface area contributed by atoms with Gasteiger partial charge < -0.3 is 30.0 Å². The molecule has 2 aromatic carbocycles. The Morgan fingerprint density at radius 3 is 2.22 bits per heavy atom. The molecule has 0 saturated carbocycles. The first-order valence-corrected chi connectivity index (χ1v) is 18.8. The Morgan fingerprint density at radius 1 is 0.926 bits per heavy atom. The number of amides is 4. The lowest BCUT2D eigenvalue weighted by Gasteiger charge is -2.28. The van der Waals surface area contributed by atoms with Crippen molar-refractivity contribution in [3.8, 4) is 0 Å². The van der Waals surface area contributed by atoms with Gasteiger partial charge in [-0.15, -0.1) is 0 Å². The fourth-order valence-corrected chi connectivity index (χ4v) is 6.55. The number of aryl methyl sites for hydroxylation is 3. The van der Waals surface area contributed by atoms with Gasteiger partial charge in [-0.1, -0.05) is 36.4 Å². The number of nitrogens with two attached hydrogens (primary N) is 1. The van der Waals surface area contributed by atoms with Crippen LogP contribution in [0.25, 0.3) is 11.0 Å². The molecule has 4 rings (SSSR count). The molecule has 3 atom stereocenters. The fraction of sp³-hybridized carbons (Fsp3) is 0.575. The van der Waals surface area contributed by atoms with Crippen molar-refractivity contribution in [2.45, 2.75) is 109 Å². The van der Waals surface area contributed by atoms with Crippen molar-refractivity contribution in [3.63, 3.8) is 0 Å². The zero-order valence-corrected chi connectivity index (χ0v) is 32.6. The number of nitrogens with one attached hydrogen (secondary N) is 1. The third-order valence-electron chi connectivity index (χ3n) is 9.49. The number of likely N-dealkylation sites (tertiary alicyclic amines) is 1. The van der Waals surface area contributed by atoms with Crippen molar-refractivity contribution in [2.75, 3.05) is 33.5 Å². The summed E-state index contributed by atoms with van der Waals surface area (Å²) in [6.07, 6.45) is 3.27. The maximum Gasteiger partial charge on any atom is 0.407 e. The molecule has 0 bridgehead atoms. The smallest absolute Gasteiger partial charge is 0.407 e. The first-order chi connectivity index (χ1) is 25.7. The van der Waals surface area contributed by atoms with Crippen molar-refractivity contribution >= 4 is 34.8 Å². The summed E-state index contributed by atoms with van der Waals surface area (Å²) < 4.78 is 26.1. The lowest BCUT2D eigenvalue weighted by atomic mass is 10.0. The lowest BCUT2D eigenvalue weighted by molar-refractivity contribution is -0.149. The van der Waals surface area contributed by atoms with Gasteiger partial charge in [-0.3, -0.25) is 28.4 Å². The minimum atomic E-state index is -0.692. The number of benzene rings is 2. The SMILES string of the molecule is C[C@@H](OCc1ccc(CCCOCCOCCCc2cccc3c2n(C)c(=O)n3C2CCC(=O)N(C)C2=O)cc1)[C@H](CCC(N)=O)NC(=O)OC(C)(C)C. The molecule has 3 N–H and O–H groups in total. The van der Waals surface area contributed by atoms with Gasteiger partial charge >= 0.3 is 11.8 Å². The van der Waals surface area contributed by atoms with E-state index in [-0.39, 0.29) is 36.4 Å². The molecule has 54 heavy (non-hydrogen) atoms. The molecule has 3 aromatic rings. The number of hydrogen-bond acceptors (Lipinski definition) is 9. The molecular formula is C40H57N5O9. The van der Waals surface area contributed by atoms with E-state index in [1.54, 1.807) is 32.4 Å². The molecule has 1 aromatic heterocycles. The van der Waals surface area contributed by atoms with Crippen LogP contribution in [-0.4, -0.2) is 89.1 Å². The van der Waals surface area contributed by atoms with E-state index in [1.165, 1.54) is 17.2 Å². The summed E-state index contributed by atoms with van der Waals surface area (Å²) in [5.41, 5.74) is 9.11. The number of nitrogens with zero attached hydrogens (tertiary/aromatic N) is 3. The standard InChI is InChI=1S/C40H57N5O9/c1-27(31(18-20-34(41)46)42-38(49)54-40(2,3)4)53-26-29-16-14-28(15-17-29)10-8-22-51-24-25-52-23-9-12-30-11-7-13-32-36(30)44(6)39(50)45(32)33-19-21-35(47)43(5)37(33)48/h7,11,13-17,27,31,33H,8-10,12,18-26H2,1-6H3,(H2,41,46)(H,42,49)/t27-,31+,33?/m1/s1. The summed E-state index contributed by atoms with van der Waals surface area (Å²) in [5.74, 6) is -1.03. The molecule has 1 fully saturated rings. The monoisotopic (exact) mass is 751 g/mol. The third-order valence-corrected chi connectivity index (χ3v) is 9.49. The Hall–Kier alpha value is -4.53. The Balaban J connectivity index is 1.12. The summed E-state index contributed by atoms with van der Waals surface area (Å²) in [6.45, 7) is 9.70. The van der Waals surface area contributed by atoms with Crippen molar-refractivity contribution in [1.29, 1.82) is 0 Å². The second kappa shape index (κ2) is 19.7. The second-order valence-electron chi connectivity index (χ2n) is 14.9. The highest BCUT2D eigenvalue weighted by molar-refractivity contribution is 6.00. The zero-order valence-electron chi connectivity index (χ0n) is 32.6. The largest absolute Gasteiger partial charge is 0.444 e. The van der Waals surface area contributed by atoms with Crippen LogP contribution in [0.3, 0.4) is 0 Å². The number of primary amides is 1. The van der Waals surface area contributed by atoms with Gasteiger partial charge in [0.05, 0.1) is 43.0 Å². The van der Waals surface area contributed by atoms with Gasteiger partial charge in [0.2, 0.25) is 11.8 Å². The molecule has 1 aliphatic rings. The summed E-state index contributed by atoms with van der Waals surface area (Å²) in [7, 11) is 3.19. The van der Waals surface area contributed by atoms with Gasteiger partial charge in [0.15, 0.2) is 0 Å². The van der Waals surface area contributed by atoms with Crippen LogP contribution in [0.4, 0.5) is 4.79 Å². The van der Waals surface area contributed by atoms with Crippen LogP contribution >= 0.6 is 0 Å². The van der Waals surface area contributed by atoms with Crippen LogP contribution in [0.1, 0.15) is 89.0 Å². The minimum absolute atomic E-state index is 0.121. The van der Waals surface area contributed by atoms with Crippen molar-refractivity contribution < 1.29 is 38.1 Å². The molecule has 0 aliphatic carbocycles. The highest BCUT2D eigenvalue weighted by Gasteiger charge is 2.35. The van der Waals surface area contributed by atoms with Crippen LogP contribution in [0.15, 0.2) is 47.3 Å². The number of imidazole rings is 1. The first kappa shape index (κ1) is 42.2. The number of piperidine rings is 1. The number of likely N-dealkylation sites (N-methyl/N-ethyl adjacent to an activating group) is 1. The molecule has 14 heteroatoms. The minimum Gasteiger partial charge on any atom is -0.444 e. The Morgan fingerprint density at radius 2 is 1.57 bits per heavy atom. The molecule has 14 nitrogen and oxygen atoms in total. The van der Waals surface area contributed by atoms with Crippen LogP contribution in [0, 0.1) is 0 Å². The van der Waals surface area contributed by atoms with Gasteiger partial charge in [-0.2, -0.15) is 0 Å². The summed E-state index contributed by atoms with van der Waals surface area (Å²) in [6, 6.07) is 12.8. The van der Waals surface area contributed by atoms with Crippen LogP contribution < -0.4 is 16.7 Å². The van der Waals surface area contributed by atoms with Gasteiger partial charge in [0.25, 0.3) is 5.91 Å². The number of para-hydroxylation sites is 1. The van der Waals surface area contributed by atoms with Crippen molar-refractivity contribution in [2.24, 2.45) is 12.8 Å². The van der Waals surface area contributed by atoms with Crippen LogP contribution in [0.5, 0.6) is 0 Å². The van der Waals surface area contributed by atoms with E-state index in [0.29, 0.717) is 57.8 Å². The van der Waals surface area contributed by atoms with Crippen LogP contribution in [0.2, 0.25) is 0 Å². The molecule has 1 aliphatic heterocycles. The Bertz CT molecular complexity index is 1790. The molecule has 296 valence electrons. The molecule has 1 unspecified atom stereocenters. The summed E-state index contributed by atoms with van der Waals surface area (Å²) in [4.78, 5) is 62.9. The molecular weight excluding hydrogens is 694 g/mol. The zero-order chi connectivity index (χ0) is 39.4. The Kier molecular flexibility index (Phi) is 15.4. The first-order valence-electron chi connectivity index (χ1n) is 18.8. The maximum atomic E-state index is 13.2. The molecule has 0 radical (unpaired) electrons. The highest BCUT2D eigenvalue weighted by Crippen LogP contribution is 2.28. The summed E-state index contributed by atoms with van der Waals surface area (Å²) >= 11 is 0. The quantitative estimate of drug-likeness (QED) is 0.126. The number of carbonyl (C=O) groups excluding carboxylic acids is 4. The van der Waals surface area contributed by atoms with Crippen molar-refractivity contribution in [3.05, 3.63) is 69.6 Å². The topological polar surface area (TPSA) is 173 Å². The van der Waals surface area contributed by atoms with Crippen LogP contribution in [-0.2, 0) is 59.8 Å². The predicted molar refractivity (Wildman–Crippen MR) is 204 cm³/mol. The molecule has 4 amide bonds. The van der Waals surface area contributed by atoms with Gasteiger partial charge in [0, 0.05) is 40.2 Å². The maximum absolute atomic E-state index is 13.2. The number of imide groups is 1. The summed E-state index contributed by atoms with van der Waals surface area (Å²) in [5, 5.41) is 2.81. The third kappa shape index (κ3) is 12.0. The number of rotatable bonds is 20. The van der Waals surface area contributed by atoms with Gasteiger partial charge in [-0.05, 0) is 89.0 Å². The molecule has 2 heterocycles. The molecule has 1 saturated heterocycles. The number of hydrogen-bond donors (Lipinski definition) is 2. The highest BCUT2D eigenvalue weighted by atomic mass is 16.6. The number of aromatic nitrogens is 2. The van der Waals surface area contributed by atoms with E-state index in [4.69, 9.17) is 24.7 Å². The van der Waals surface area contributed by atoms with E-state index < -0.39 is 29.7 Å².